The van der Waals surface area contributed by atoms with Crippen molar-refractivity contribution >= 4 is 24.9 Å². The van der Waals surface area contributed by atoms with Gasteiger partial charge in [-0.3, -0.25) is 0 Å². The normalized spacial score (nSPS) is 24.6. The van der Waals surface area contributed by atoms with E-state index in [9.17, 15) is 0 Å². The Hall–Kier alpha value is -1.04. The molecule has 0 N–H and O–H groups in total. The number of rotatable bonds is 2. The van der Waals surface area contributed by atoms with Crippen molar-refractivity contribution in [2.24, 2.45) is 0 Å². The molecule has 2 aliphatic carbocycles. The van der Waals surface area contributed by atoms with Crippen LogP contribution in [0.4, 0.5) is 0 Å². The molecule has 103 valence electrons. The summed E-state index contributed by atoms with van der Waals surface area (Å²) in [4.78, 5) is 0. The van der Waals surface area contributed by atoms with Gasteiger partial charge in [0, 0.05) is 0 Å². The molecule has 0 nitrogen and oxygen atoms in total. The van der Waals surface area contributed by atoms with Crippen LogP contribution in [0.25, 0.3) is 12.2 Å². The minimum absolute atomic E-state index is 0.345. The molecule has 0 amide bonds. The van der Waals surface area contributed by atoms with E-state index < -0.39 is 18.6 Å². The molecule has 0 aromatic heterocycles. The van der Waals surface area contributed by atoms with Crippen molar-refractivity contribution in [2.75, 3.05) is 0 Å². The molecule has 2 aromatic carbocycles. The van der Waals surface area contributed by atoms with Crippen LogP contribution in [0.15, 0.2) is 60.7 Å². The molecule has 0 fully saturated rings. The Morgan fingerprint density at radius 2 is 1.19 bits per heavy atom. The SMILES string of the molecule is [CH2]=[Zr]([Cl])([CH]1C=Cc2ccccc21)[CH]1C=Cc2ccccc21. The van der Waals surface area contributed by atoms with Crippen molar-refractivity contribution in [3.63, 3.8) is 0 Å². The topological polar surface area (TPSA) is 0 Å². The van der Waals surface area contributed by atoms with Crippen LogP contribution in [0.2, 0.25) is 0 Å². The number of hydrogen-bond acceptors (Lipinski definition) is 0. The molecule has 2 atom stereocenters. The van der Waals surface area contributed by atoms with Crippen LogP contribution in [0, 0.1) is 0 Å². The number of hydrogen-bond donors (Lipinski definition) is 0. The Morgan fingerprint density at radius 1 is 0.762 bits per heavy atom. The van der Waals surface area contributed by atoms with Gasteiger partial charge in [0.1, 0.15) is 0 Å². The van der Waals surface area contributed by atoms with Gasteiger partial charge in [0.05, 0.1) is 0 Å². The number of benzene rings is 2. The van der Waals surface area contributed by atoms with Crippen LogP contribution < -0.4 is 0 Å². The van der Waals surface area contributed by atoms with Crippen LogP contribution in [-0.2, 0) is 18.6 Å². The van der Waals surface area contributed by atoms with Crippen LogP contribution in [0.1, 0.15) is 29.5 Å². The van der Waals surface area contributed by atoms with E-state index >= 15 is 0 Å². The summed E-state index contributed by atoms with van der Waals surface area (Å²) in [6.07, 6.45) is 9.00. The molecule has 0 spiro atoms. The van der Waals surface area contributed by atoms with Gasteiger partial charge < -0.3 is 0 Å². The standard InChI is InChI=1S/2C9H7.CH2.ClH.Zr/c2*1-2-5-9-7-3-6-8(9)4-1;;;/h2*1-7H;1H2;1H;/q;;;;+1/p-1. The summed E-state index contributed by atoms with van der Waals surface area (Å²) < 4.78 is 5.30. The fraction of sp³-hybridized carbons (Fsp3) is 0.105. The van der Waals surface area contributed by atoms with E-state index in [1.165, 1.54) is 22.3 Å². The zero-order chi connectivity index (χ0) is 14.4. The van der Waals surface area contributed by atoms with E-state index in [2.05, 4.69) is 77.0 Å². The van der Waals surface area contributed by atoms with E-state index in [1.807, 2.05) is 0 Å². The Kier molecular flexibility index (Phi) is 3.25. The maximum atomic E-state index is 7.20. The summed E-state index contributed by atoms with van der Waals surface area (Å²) in [6, 6.07) is 17.2. The zero-order valence-electron chi connectivity index (χ0n) is 11.7. The van der Waals surface area contributed by atoms with Gasteiger partial charge in [-0.2, -0.15) is 0 Å². The predicted molar refractivity (Wildman–Crippen MR) is 89.4 cm³/mol. The number of allylic oxidation sites excluding steroid dienone is 2. The zero-order valence-corrected chi connectivity index (χ0v) is 14.9. The van der Waals surface area contributed by atoms with E-state index in [-0.39, 0.29) is 0 Å². The second kappa shape index (κ2) is 5.01. The molecule has 0 saturated carbocycles. The van der Waals surface area contributed by atoms with Gasteiger partial charge in [0.25, 0.3) is 0 Å². The van der Waals surface area contributed by atoms with Gasteiger partial charge in [-0.05, 0) is 0 Å². The number of halogens is 1. The van der Waals surface area contributed by atoms with Gasteiger partial charge >= 0.3 is 134 Å². The summed E-state index contributed by atoms with van der Waals surface area (Å²) in [6.45, 7) is 0. The Balaban J connectivity index is 1.78. The quantitative estimate of drug-likeness (QED) is 0.676. The number of fused-ring (bicyclic) bond motifs is 2. The molecule has 0 bridgehead atoms. The van der Waals surface area contributed by atoms with Crippen molar-refractivity contribution in [2.45, 2.75) is 7.25 Å². The fourth-order valence-corrected chi connectivity index (χ4v) is 12.6. The first kappa shape index (κ1) is 13.6. The Bertz CT molecular complexity index is 750. The Labute approximate surface area is 133 Å². The predicted octanol–water partition coefficient (Wildman–Crippen LogP) is 5.26. The summed E-state index contributed by atoms with van der Waals surface area (Å²) in [5.41, 5.74) is 5.36. The van der Waals surface area contributed by atoms with Crippen LogP contribution in [-0.4, -0.2) is 4.21 Å². The first-order valence-corrected chi connectivity index (χ1v) is 15.0. The summed E-state index contributed by atoms with van der Waals surface area (Å²) in [5, 5.41) is 0. The molecule has 0 saturated heterocycles. The molecule has 2 heteroatoms. The van der Waals surface area contributed by atoms with Gasteiger partial charge in [-0.15, -0.1) is 0 Å². The average Bonchev–Trinajstić information content (AvgIpc) is 3.12. The van der Waals surface area contributed by atoms with Crippen molar-refractivity contribution in [1.29, 1.82) is 0 Å². The third-order valence-corrected chi connectivity index (χ3v) is 15.0. The van der Waals surface area contributed by atoms with Gasteiger partial charge in [0.2, 0.25) is 0 Å². The monoisotopic (exact) mass is 369 g/mol. The van der Waals surface area contributed by atoms with Crippen LogP contribution >= 0.6 is 8.51 Å². The fourth-order valence-electron chi connectivity index (χ4n) is 3.53. The van der Waals surface area contributed by atoms with Crippen LogP contribution in [0.3, 0.4) is 0 Å². The van der Waals surface area contributed by atoms with E-state index in [0.717, 1.165) is 0 Å². The summed E-state index contributed by atoms with van der Waals surface area (Å²) in [7, 11) is 7.20. The van der Waals surface area contributed by atoms with Gasteiger partial charge in [-0.1, -0.05) is 0 Å². The molecule has 2 aromatic rings. The molecule has 0 heterocycles. The second-order valence-electron chi connectivity index (χ2n) is 5.86. The Morgan fingerprint density at radius 3 is 1.67 bits per heavy atom. The molecular weight excluding hydrogens is 355 g/mol. The van der Waals surface area contributed by atoms with Crippen molar-refractivity contribution in [3.05, 3.63) is 82.9 Å². The molecule has 4 rings (SSSR count). The summed E-state index contributed by atoms with van der Waals surface area (Å²) >= 11 is -3.15. The van der Waals surface area contributed by atoms with E-state index in [4.69, 9.17) is 8.51 Å². The van der Waals surface area contributed by atoms with Crippen molar-refractivity contribution in [1.82, 2.24) is 0 Å². The van der Waals surface area contributed by atoms with E-state index in [1.54, 1.807) is 0 Å². The third kappa shape index (κ3) is 2.10. The first-order chi connectivity index (χ1) is 10.2. The van der Waals surface area contributed by atoms with Crippen molar-refractivity contribution < 1.29 is 18.6 Å². The van der Waals surface area contributed by atoms with Crippen LogP contribution in [0.5, 0.6) is 0 Å². The minimum atomic E-state index is -3.15. The van der Waals surface area contributed by atoms with E-state index in [0.29, 0.717) is 7.25 Å². The molecule has 0 radical (unpaired) electrons. The van der Waals surface area contributed by atoms with Gasteiger partial charge in [0.15, 0.2) is 0 Å². The summed E-state index contributed by atoms with van der Waals surface area (Å²) in [5.74, 6) is 0. The molecule has 2 aliphatic rings. The molecule has 21 heavy (non-hydrogen) atoms. The molecule has 0 aliphatic heterocycles. The maximum absolute atomic E-state index is 7.20. The molecule has 2 unspecified atom stereocenters. The first-order valence-electron chi connectivity index (χ1n) is 7.26. The molecular formula is C19H16ClZr. The average molecular weight is 371 g/mol. The van der Waals surface area contributed by atoms with Gasteiger partial charge in [-0.25, -0.2) is 0 Å². The third-order valence-electron chi connectivity index (χ3n) is 4.63. The second-order valence-corrected chi connectivity index (χ2v) is 17.6. The van der Waals surface area contributed by atoms with Crippen molar-refractivity contribution in [3.8, 4) is 0 Å².